The van der Waals surface area contributed by atoms with Crippen LogP contribution in [0.4, 0.5) is 0 Å². The lowest BCUT2D eigenvalue weighted by molar-refractivity contribution is 0.399. The number of rotatable bonds is 1. The molecule has 0 aliphatic carbocycles. The van der Waals surface area contributed by atoms with Gasteiger partial charge in [-0.2, -0.15) is 0 Å². The summed E-state index contributed by atoms with van der Waals surface area (Å²) in [6.07, 6.45) is 2.39. The van der Waals surface area contributed by atoms with E-state index in [1.54, 1.807) is 0 Å². The summed E-state index contributed by atoms with van der Waals surface area (Å²) in [4.78, 5) is 0. The zero-order chi connectivity index (χ0) is 26.2. The van der Waals surface area contributed by atoms with Gasteiger partial charge in [-0.3, -0.25) is 0 Å². The van der Waals surface area contributed by atoms with Crippen molar-refractivity contribution in [3.63, 3.8) is 0 Å². The van der Waals surface area contributed by atoms with Crippen molar-refractivity contribution in [2.24, 2.45) is 0 Å². The van der Waals surface area contributed by atoms with Crippen LogP contribution >= 0.6 is 0 Å². The van der Waals surface area contributed by atoms with E-state index in [2.05, 4.69) is 142 Å². The van der Waals surface area contributed by atoms with Crippen LogP contribution in [-0.4, -0.2) is 24.4 Å². The number of hydrogen-bond donors (Lipinski definition) is 2. The predicted octanol–water partition coefficient (Wildman–Crippen LogP) is 9.20. The van der Waals surface area contributed by atoms with Gasteiger partial charge in [-0.1, -0.05) is 162 Å². The van der Waals surface area contributed by atoms with E-state index in [0.29, 0.717) is 0 Å². The zero-order valence-corrected chi connectivity index (χ0v) is 21.9. The second-order valence-electron chi connectivity index (χ2n) is 7.24. The normalized spacial score (nSPS) is 8.42. The summed E-state index contributed by atoms with van der Waals surface area (Å²) in [6, 6.07) is 43.9. The van der Waals surface area contributed by atoms with Crippen LogP contribution in [0.1, 0.15) is 40.2 Å². The lowest BCUT2D eigenvalue weighted by Gasteiger charge is -1.92. The Kier molecular flexibility index (Phi) is 23.8. The smallest absolute Gasteiger partial charge is 0.0319 e. The van der Waals surface area contributed by atoms with Gasteiger partial charge in [-0.25, -0.2) is 0 Å². The van der Waals surface area contributed by atoms with E-state index in [1.165, 1.54) is 33.5 Å². The van der Waals surface area contributed by atoms with Crippen LogP contribution in [0, 0.1) is 0 Å². The molecule has 0 atom stereocenters. The first kappa shape index (κ1) is 34.7. The zero-order valence-electron chi connectivity index (χ0n) is 21.9. The SMILES string of the molecule is C.CCC.CCc1ccccc1.CO.CO.c1ccc2ccccc2c1.c1ccc2ccccc2c1. The average Bonchev–Trinajstić information content (AvgIpc) is 2.97. The molecule has 2 nitrogen and oxygen atoms in total. The summed E-state index contributed by atoms with van der Waals surface area (Å²) in [6.45, 7) is 6.41. The highest BCUT2D eigenvalue weighted by Gasteiger charge is 1.86. The van der Waals surface area contributed by atoms with E-state index in [4.69, 9.17) is 10.2 Å². The third kappa shape index (κ3) is 14.7. The second-order valence-corrected chi connectivity index (χ2v) is 7.24. The highest BCUT2D eigenvalue weighted by atomic mass is 16.2. The molecule has 5 aromatic carbocycles. The van der Waals surface area contributed by atoms with Crippen molar-refractivity contribution in [3.05, 3.63) is 133 Å². The van der Waals surface area contributed by atoms with E-state index in [0.717, 1.165) is 20.6 Å². The fourth-order valence-corrected chi connectivity index (χ4v) is 2.98. The van der Waals surface area contributed by atoms with Crippen molar-refractivity contribution in [2.75, 3.05) is 14.2 Å². The van der Waals surface area contributed by atoms with Crippen LogP contribution in [0.2, 0.25) is 0 Å². The minimum absolute atomic E-state index is 0. The lowest BCUT2D eigenvalue weighted by atomic mass is 10.1. The number of hydrogen-bond acceptors (Lipinski definition) is 2. The molecule has 0 aliphatic rings. The Labute approximate surface area is 219 Å². The molecule has 0 saturated heterocycles. The molecule has 0 aliphatic heterocycles. The Morgan fingerprint density at radius 2 is 0.583 bits per heavy atom. The van der Waals surface area contributed by atoms with Gasteiger partial charge in [-0.15, -0.1) is 0 Å². The van der Waals surface area contributed by atoms with Crippen molar-refractivity contribution in [1.82, 2.24) is 0 Å². The summed E-state index contributed by atoms with van der Waals surface area (Å²) >= 11 is 0. The molecule has 5 aromatic rings. The van der Waals surface area contributed by atoms with Gasteiger partial charge < -0.3 is 10.2 Å². The van der Waals surface area contributed by atoms with Gasteiger partial charge in [0.15, 0.2) is 0 Å². The second kappa shape index (κ2) is 24.7. The molecule has 0 bridgehead atoms. The molecule has 0 saturated carbocycles. The highest BCUT2D eigenvalue weighted by Crippen LogP contribution is 2.12. The third-order valence-corrected chi connectivity index (χ3v) is 4.57. The number of fused-ring (bicyclic) bond motifs is 2. The molecule has 36 heavy (non-hydrogen) atoms. The van der Waals surface area contributed by atoms with Crippen molar-refractivity contribution in [3.8, 4) is 0 Å². The Balaban J connectivity index is 0. The number of benzene rings is 5. The first-order chi connectivity index (χ1) is 17.3. The van der Waals surface area contributed by atoms with Crippen molar-refractivity contribution < 1.29 is 10.2 Å². The van der Waals surface area contributed by atoms with Crippen molar-refractivity contribution >= 4 is 21.5 Å². The van der Waals surface area contributed by atoms with E-state index in [1.807, 2.05) is 6.07 Å². The molecule has 0 heterocycles. The largest absolute Gasteiger partial charge is 0.400 e. The van der Waals surface area contributed by atoms with Crippen LogP contribution in [0.25, 0.3) is 21.5 Å². The quantitative estimate of drug-likeness (QED) is 0.248. The highest BCUT2D eigenvalue weighted by molar-refractivity contribution is 5.82. The molecule has 0 radical (unpaired) electrons. The first-order valence-corrected chi connectivity index (χ1v) is 12.1. The summed E-state index contributed by atoms with van der Waals surface area (Å²) < 4.78 is 0. The fraction of sp³-hybridized carbons (Fsp3) is 0.235. The average molecular weight is 487 g/mol. The van der Waals surface area contributed by atoms with Crippen LogP contribution in [0.15, 0.2) is 127 Å². The number of aliphatic hydroxyl groups is 2. The van der Waals surface area contributed by atoms with Gasteiger partial charge in [0.2, 0.25) is 0 Å². The minimum atomic E-state index is 0. The maximum atomic E-state index is 7.00. The molecular formula is C34H46O2. The van der Waals surface area contributed by atoms with Gasteiger partial charge >= 0.3 is 0 Å². The van der Waals surface area contributed by atoms with Crippen LogP contribution in [0.3, 0.4) is 0 Å². The molecule has 0 amide bonds. The molecule has 194 valence electrons. The van der Waals surface area contributed by atoms with E-state index in [-0.39, 0.29) is 7.43 Å². The summed E-state index contributed by atoms with van der Waals surface area (Å²) in [5, 5.41) is 19.2. The van der Waals surface area contributed by atoms with Crippen LogP contribution < -0.4 is 0 Å². The van der Waals surface area contributed by atoms with Gasteiger partial charge in [0, 0.05) is 14.2 Å². The van der Waals surface area contributed by atoms with Gasteiger partial charge in [0.05, 0.1) is 0 Å². The number of aliphatic hydroxyl groups excluding tert-OH is 2. The lowest BCUT2D eigenvalue weighted by Crippen LogP contribution is -1.73. The summed E-state index contributed by atoms with van der Waals surface area (Å²) in [5.41, 5.74) is 1.41. The summed E-state index contributed by atoms with van der Waals surface area (Å²) in [5.74, 6) is 0. The predicted molar refractivity (Wildman–Crippen MR) is 163 cm³/mol. The van der Waals surface area contributed by atoms with Crippen molar-refractivity contribution in [1.29, 1.82) is 0 Å². The topological polar surface area (TPSA) is 40.5 Å². The standard InChI is InChI=1S/2C10H8.C8H10.C3H8.2CH4O.CH4/c2*1-2-6-10-8-4-3-7-9(10)5-1;1-2-8-6-4-3-5-7-8;1-3-2;2*1-2;/h2*1-8H;3-7H,2H2,1H3;3H2,1-2H3;2*2H,1H3;1H4. The Hall–Kier alpha value is -3.46. The minimum Gasteiger partial charge on any atom is -0.400 e. The van der Waals surface area contributed by atoms with Gasteiger partial charge in [-0.05, 0) is 33.5 Å². The molecule has 0 fully saturated rings. The molecule has 0 spiro atoms. The Bertz CT molecular complexity index is 919. The van der Waals surface area contributed by atoms with E-state index in [9.17, 15) is 0 Å². The fourth-order valence-electron chi connectivity index (χ4n) is 2.98. The Morgan fingerprint density at radius 3 is 0.750 bits per heavy atom. The molecule has 0 unspecified atom stereocenters. The van der Waals surface area contributed by atoms with E-state index >= 15 is 0 Å². The van der Waals surface area contributed by atoms with Crippen LogP contribution in [-0.2, 0) is 6.42 Å². The maximum Gasteiger partial charge on any atom is 0.0319 e. The molecule has 2 heteroatoms. The maximum absolute atomic E-state index is 7.00. The molecular weight excluding hydrogens is 440 g/mol. The molecule has 0 aromatic heterocycles. The third-order valence-electron chi connectivity index (χ3n) is 4.57. The van der Waals surface area contributed by atoms with Crippen LogP contribution in [0.5, 0.6) is 0 Å². The van der Waals surface area contributed by atoms with E-state index < -0.39 is 0 Å². The molecule has 5 rings (SSSR count). The first-order valence-electron chi connectivity index (χ1n) is 12.1. The van der Waals surface area contributed by atoms with Crippen molar-refractivity contribution in [2.45, 2.75) is 41.0 Å². The Morgan fingerprint density at radius 1 is 0.389 bits per heavy atom. The van der Waals surface area contributed by atoms with Gasteiger partial charge in [0.1, 0.15) is 0 Å². The number of aryl methyl sites for hydroxylation is 1. The van der Waals surface area contributed by atoms with Gasteiger partial charge in [0.25, 0.3) is 0 Å². The molecule has 2 N–H and O–H groups in total. The summed E-state index contributed by atoms with van der Waals surface area (Å²) in [7, 11) is 2.00. The monoisotopic (exact) mass is 486 g/mol.